The molecule has 10 heavy (non-hydrogen) atoms. The second kappa shape index (κ2) is 2.67. The minimum absolute atomic E-state index is 0.0116. The van der Waals surface area contributed by atoms with E-state index in [0.717, 1.165) is 6.42 Å². The van der Waals surface area contributed by atoms with E-state index in [4.69, 9.17) is 16.3 Å². The molecule has 3 atom stereocenters. The molecule has 0 bridgehead atoms. The van der Waals surface area contributed by atoms with Crippen LogP contribution in [0.25, 0.3) is 0 Å². The Hall–Kier alpha value is 0.180. The molecule has 1 saturated heterocycles. The summed E-state index contributed by atoms with van der Waals surface area (Å²) in [6.07, 6.45) is 1.28. The van der Waals surface area contributed by atoms with Crippen LogP contribution in [0.3, 0.4) is 0 Å². The number of ether oxygens (including phenoxy) is 1. The van der Waals surface area contributed by atoms with Gasteiger partial charge >= 0.3 is 0 Å². The third-order valence-corrected chi connectivity index (χ3v) is 2.43. The summed E-state index contributed by atoms with van der Waals surface area (Å²) in [6, 6.07) is 0. The molecule has 0 saturated carbocycles. The maximum absolute atomic E-state index is 13.2. The van der Waals surface area contributed by atoms with Gasteiger partial charge in [-0.3, -0.25) is 0 Å². The number of hydrogen-bond donors (Lipinski definition) is 0. The monoisotopic (exact) mass is 166 g/mol. The van der Waals surface area contributed by atoms with Crippen LogP contribution < -0.4 is 0 Å². The molecule has 0 radical (unpaired) electrons. The summed E-state index contributed by atoms with van der Waals surface area (Å²) in [6.45, 7) is 3.45. The molecule has 0 aromatic rings. The Morgan fingerprint density at radius 1 is 1.80 bits per heavy atom. The molecule has 0 aliphatic carbocycles. The lowest BCUT2D eigenvalue weighted by Crippen LogP contribution is -2.24. The molecule has 60 valence electrons. The Labute approximate surface area is 65.5 Å². The molecular weight excluding hydrogens is 155 g/mol. The topological polar surface area (TPSA) is 9.23 Å². The second-order valence-electron chi connectivity index (χ2n) is 2.96. The summed E-state index contributed by atoms with van der Waals surface area (Å²) in [5.41, 5.74) is -2.08. The third kappa shape index (κ3) is 1.43. The fraction of sp³-hybridized carbons (Fsp3) is 1.00. The molecule has 1 aliphatic rings. The molecule has 1 rings (SSSR count). The minimum atomic E-state index is -1.33. The van der Waals surface area contributed by atoms with Crippen molar-refractivity contribution in [2.45, 2.75) is 44.0 Å². The average Bonchev–Trinajstić information content (AvgIpc) is 2.08. The van der Waals surface area contributed by atoms with Gasteiger partial charge in [0.15, 0.2) is 11.2 Å². The van der Waals surface area contributed by atoms with Crippen LogP contribution in [0.4, 0.5) is 4.39 Å². The zero-order chi connectivity index (χ0) is 7.78. The summed E-state index contributed by atoms with van der Waals surface area (Å²) in [5.74, 6) is 0. The van der Waals surface area contributed by atoms with Crippen molar-refractivity contribution in [2.75, 3.05) is 0 Å². The first-order chi connectivity index (χ1) is 4.56. The molecule has 0 aromatic heterocycles. The van der Waals surface area contributed by atoms with Gasteiger partial charge in [-0.2, -0.15) is 0 Å². The second-order valence-corrected chi connectivity index (χ2v) is 3.36. The average molecular weight is 167 g/mol. The van der Waals surface area contributed by atoms with Crippen LogP contribution in [-0.4, -0.2) is 17.3 Å². The lowest BCUT2D eigenvalue weighted by atomic mass is 10.0. The Morgan fingerprint density at radius 3 is 2.60 bits per heavy atom. The van der Waals surface area contributed by atoms with Crippen molar-refractivity contribution < 1.29 is 9.13 Å². The minimum Gasteiger partial charge on any atom is -0.356 e. The normalized spacial score (nSPS) is 48.0. The molecule has 0 amide bonds. The highest BCUT2D eigenvalue weighted by atomic mass is 35.5. The van der Waals surface area contributed by atoms with Crippen molar-refractivity contribution in [1.82, 2.24) is 0 Å². The Balaban J connectivity index is 2.53. The van der Waals surface area contributed by atoms with E-state index >= 15 is 0 Å². The predicted molar refractivity (Wildman–Crippen MR) is 38.9 cm³/mol. The molecule has 1 heterocycles. The quantitative estimate of drug-likeness (QED) is 0.544. The first-order valence-corrected chi connectivity index (χ1v) is 3.98. The van der Waals surface area contributed by atoms with E-state index in [1.165, 1.54) is 6.92 Å². The van der Waals surface area contributed by atoms with Gasteiger partial charge in [0.25, 0.3) is 0 Å². The molecule has 1 unspecified atom stereocenters. The fourth-order valence-electron chi connectivity index (χ4n) is 1.14. The van der Waals surface area contributed by atoms with Crippen molar-refractivity contribution in [3.8, 4) is 0 Å². The van der Waals surface area contributed by atoms with Crippen molar-refractivity contribution in [3.05, 3.63) is 0 Å². The van der Waals surface area contributed by atoms with Crippen molar-refractivity contribution in [3.63, 3.8) is 0 Å². The van der Waals surface area contributed by atoms with Gasteiger partial charge in [0.2, 0.25) is 0 Å². The van der Waals surface area contributed by atoms with Gasteiger partial charge < -0.3 is 4.74 Å². The highest BCUT2D eigenvalue weighted by molar-refractivity contribution is 6.20. The fourth-order valence-corrected chi connectivity index (χ4v) is 1.37. The Morgan fingerprint density at radius 2 is 2.40 bits per heavy atom. The molecule has 1 aliphatic heterocycles. The highest BCUT2D eigenvalue weighted by Crippen LogP contribution is 2.36. The molecular formula is C7H12ClFO. The zero-order valence-electron chi connectivity index (χ0n) is 6.23. The summed E-state index contributed by atoms with van der Waals surface area (Å²) >= 11 is 5.58. The highest BCUT2D eigenvalue weighted by Gasteiger charge is 2.43. The first-order valence-electron chi connectivity index (χ1n) is 3.54. The van der Waals surface area contributed by atoms with E-state index in [1.807, 2.05) is 6.92 Å². The van der Waals surface area contributed by atoms with E-state index < -0.39 is 11.2 Å². The maximum atomic E-state index is 13.2. The summed E-state index contributed by atoms with van der Waals surface area (Å²) < 4.78 is 18.3. The van der Waals surface area contributed by atoms with Gasteiger partial charge in [-0.25, -0.2) is 4.39 Å². The van der Waals surface area contributed by atoms with Crippen LogP contribution in [0.2, 0.25) is 0 Å². The van der Waals surface area contributed by atoms with Gasteiger partial charge in [-0.1, -0.05) is 18.5 Å². The van der Waals surface area contributed by atoms with Crippen LogP contribution >= 0.6 is 11.6 Å². The van der Waals surface area contributed by atoms with E-state index in [2.05, 4.69) is 0 Å². The molecule has 0 aromatic carbocycles. The molecule has 1 fully saturated rings. The summed E-state index contributed by atoms with van der Waals surface area (Å²) in [7, 11) is 0. The van der Waals surface area contributed by atoms with Crippen molar-refractivity contribution >= 4 is 11.6 Å². The molecule has 1 nitrogen and oxygen atoms in total. The lowest BCUT2D eigenvalue weighted by molar-refractivity contribution is 0.0551. The van der Waals surface area contributed by atoms with Gasteiger partial charge in [0.05, 0.1) is 6.10 Å². The van der Waals surface area contributed by atoms with Crippen LogP contribution in [0.15, 0.2) is 0 Å². The van der Waals surface area contributed by atoms with E-state index in [9.17, 15) is 4.39 Å². The van der Waals surface area contributed by atoms with E-state index in [-0.39, 0.29) is 6.10 Å². The number of hydrogen-bond acceptors (Lipinski definition) is 1. The largest absolute Gasteiger partial charge is 0.356 e. The first kappa shape index (κ1) is 8.28. The zero-order valence-corrected chi connectivity index (χ0v) is 6.99. The van der Waals surface area contributed by atoms with Crippen LogP contribution in [0, 0.1) is 0 Å². The maximum Gasteiger partial charge on any atom is 0.165 e. The van der Waals surface area contributed by atoms with Gasteiger partial charge in [0.1, 0.15) is 0 Å². The Kier molecular flexibility index (Phi) is 2.21. The smallest absolute Gasteiger partial charge is 0.165 e. The molecule has 0 N–H and O–H groups in total. The summed E-state index contributed by atoms with van der Waals surface area (Å²) in [4.78, 5) is 0. The van der Waals surface area contributed by atoms with E-state index in [1.54, 1.807) is 0 Å². The Bertz CT molecular complexity index is 127. The number of rotatable bonds is 1. The molecule has 0 spiro atoms. The van der Waals surface area contributed by atoms with Gasteiger partial charge in [0, 0.05) is 6.42 Å². The van der Waals surface area contributed by atoms with Gasteiger partial charge in [-0.05, 0) is 13.3 Å². The summed E-state index contributed by atoms with van der Waals surface area (Å²) in [5, 5.41) is 0. The van der Waals surface area contributed by atoms with Crippen molar-refractivity contribution in [2.24, 2.45) is 0 Å². The van der Waals surface area contributed by atoms with Crippen LogP contribution in [-0.2, 0) is 4.74 Å². The standard InChI is InChI=1S/C7H12ClFO/c1-3-5-4-7(2,9)6(8)10-5/h5-6H,3-4H2,1-2H3/t5-,6-,7?/m1/s1. The SMILES string of the molecule is CC[C@@H]1CC(C)(F)[C@H](Cl)O1. The van der Waals surface area contributed by atoms with Crippen LogP contribution in [0.5, 0.6) is 0 Å². The number of alkyl halides is 2. The predicted octanol–water partition coefficient (Wildman–Crippen LogP) is 2.48. The van der Waals surface area contributed by atoms with E-state index in [0.29, 0.717) is 6.42 Å². The molecule has 3 heteroatoms. The third-order valence-electron chi connectivity index (χ3n) is 1.87. The van der Waals surface area contributed by atoms with Gasteiger partial charge in [-0.15, -0.1) is 0 Å². The van der Waals surface area contributed by atoms with Crippen LogP contribution in [0.1, 0.15) is 26.7 Å². The number of halogens is 2. The van der Waals surface area contributed by atoms with Crippen molar-refractivity contribution in [1.29, 1.82) is 0 Å². The lowest BCUT2D eigenvalue weighted by Gasteiger charge is -2.13.